The summed E-state index contributed by atoms with van der Waals surface area (Å²) in [5, 5.41) is 22.3. The first-order valence-corrected chi connectivity index (χ1v) is 13.2. The van der Waals surface area contributed by atoms with Gasteiger partial charge >= 0.3 is 5.69 Å². The first-order chi connectivity index (χ1) is 18.3. The number of hydrogen-bond donors (Lipinski definition) is 1. The topological polar surface area (TPSA) is 110 Å². The highest BCUT2D eigenvalue weighted by molar-refractivity contribution is 6.07. The molecule has 0 aromatic heterocycles. The fourth-order valence-electron chi connectivity index (χ4n) is 6.41. The number of nitrogens with zero attached hydrogens (tertiary/aromatic N) is 2. The molecule has 0 fully saturated rings. The van der Waals surface area contributed by atoms with E-state index < -0.39 is 22.3 Å². The number of carbonyl (C=O) groups is 2. The normalized spacial score (nSPS) is 20.6. The summed E-state index contributed by atoms with van der Waals surface area (Å²) in [4.78, 5) is 41.2. The lowest BCUT2D eigenvalue weighted by molar-refractivity contribution is -0.386. The predicted molar refractivity (Wildman–Crippen MR) is 146 cm³/mol. The molecule has 8 heteroatoms. The highest BCUT2D eigenvalue weighted by atomic mass is 16.6. The molecule has 0 unspecified atom stereocenters. The van der Waals surface area contributed by atoms with Gasteiger partial charge in [-0.1, -0.05) is 58.0 Å². The summed E-state index contributed by atoms with van der Waals surface area (Å²) in [7, 11) is 1.32. The van der Waals surface area contributed by atoms with Gasteiger partial charge in [-0.2, -0.15) is 0 Å². The molecular formula is C31H34N2O6. The number of allylic oxidation sites excluding steroid dienone is 4. The standard InChI is InChI=1S/C31H34N2O6/c1-30(2)13-21-27(23(34)15-30)26(19-11-20(33(37)38)29(36)25(12-19)39-5)28-22(14-31(3,4)16-24(28)35)32(21)17-18-9-7-6-8-10-18/h6-12,26,36H,13-17H2,1-5H3. The van der Waals surface area contributed by atoms with Crippen LogP contribution in [0.4, 0.5) is 5.69 Å². The van der Waals surface area contributed by atoms with E-state index in [1.807, 2.05) is 30.3 Å². The first kappa shape index (κ1) is 26.7. The number of methoxy groups -OCH3 is 1. The molecule has 0 saturated heterocycles. The number of phenolic OH excluding ortho intramolecular Hbond substituents is 1. The average Bonchev–Trinajstić information content (AvgIpc) is 2.84. The largest absolute Gasteiger partial charge is 0.500 e. The van der Waals surface area contributed by atoms with Gasteiger partial charge in [-0.25, -0.2) is 0 Å². The Labute approximate surface area is 228 Å². The van der Waals surface area contributed by atoms with Crippen LogP contribution in [-0.4, -0.2) is 33.6 Å². The van der Waals surface area contributed by atoms with E-state index in [0.29, 0.717) is 48.9 Å². The van der Waals surface area contributed by atoms with Crippen LogP contribution in [-0.2, 0) is 16.1 Å². The Balaban J connectivity index is 1.81. The van der Waals surface area contributed by atoms with Gasteiger partial charge in [-0.15, -0.1) is 0 Å². The van der Waals surface area contributed by atoms with Crippen LogP contribution in [0.5, 0.6) is 11.5 Å². The molecule has 204 valence electrons. The van der Waals surface area contributed by atoms with Crippen molar-refractivity contribution in [1.82, 2.24) is 4.90 Å². The van der Waals surface area contributed by atoms with Crippen LogP contribution in [0.25, 0.3) is 0 Å². The minimum Gasteiger partial charge on any atom is -0.500 e. The van der Waals surface area contributed by atoms with Gasteiger partial charge in [0.25, 0.3) is 0 Å². The van der Waals surface area contributed by atoms with Crippen molar-refractivity contribution in [3.8, 4) is 11.5 Å². The lowest BCUT2D eigenvalue weighted by Gasteiger charge is -2.49. The van der Waals surface area contributed by atoms with Crippen molar-refractivity contribution in [3.05, 3.63) is 86.2 Å². The Kier molecular flexibility index (Phi) is 6.40. The van der Waals surface area contributed by atoms with Crippen molar-refractivity contribution in [2.75, 3.05) is 7.11 Å². The maximum atomic E-state index is 13.9. The van der Waals surface area contributed by atoms with Crippen LogP contribution in [0.3, 0.4) is 0 Å². The summed E-state index contributed by atoms with van der Waals surface area (Å²) in [6.07, 6.45) is 1.86. The van der Waals surface area contributed by atoms with Crippen LogP contribution >= 0.6 is 0 Å². The second-order valence-electron chi connectivity index (χ2n) is 12.5. The number of nitro benzene ring substituents is 1. The van der Waals surface area contributed by atoms with Gasteiger partial charge in [0.15, 0.2) is 17.3 Å². The zero-order valence-corrected chi connectivity index (χ0v) is 23.0. The van der Waals surface area contributed by atoms with Gasteiger partial charge in [-0.3, -0.25) is 19.7 Å². The lowest BCUT2D eigenvalue weighted by Crippen LogP contribution is -2.44. The summed E-state index contributed by atoms with van der Waals surface area (Å²) < 4.78 is 5.29. The van der Waals surface area contributed by atoms with Gasteiger partial charge in [0.1, 0.15) is 0 Å². The third-order valence-electron chi connectivity index (χ3n) is 8.03. The van der Waals surface area contributed by atoms with E-state index in [9.17, 15) is 24.8 Å². The van der Waals surface area contributed by atoms with E-state index in [2.05, 4.69) is 32.6 Å². The van der Waals surface area contributed by atoms with Gasteiger partial charge in [0.05, 0.1) is 12.0 Å². The molecule has 8 nitrogen and oxygen atoms in total. The van der Waals surface area contributed by atoms with E-state index in [0.717, 1.165) is 17.0 Å². The molecule has 2 aliphatic carbocycles. The molecule has 0 saturated carbocycles. The third kappa shape index (κ3) is 4.73. The van der Waals surface area contributed by atoms with Crippen molar-refractivity contribution in [3.63, 3.8) is 0 Å². The number of hydrogen-bond acceptors (Lipinski definition) is 7. The quantitative estimate of drug-likeness (QED) is 0.362. The summed E-state index contributed by atoms with van der Waals surface area (Å²) in [5.41, 5.74) is 3.11. The van der Waals surface area contributed by atoms with Gasteiger partial charge in [0, 0.05) is 53.9 Å². The number of aromatic hydroxyl groups is 1. The van der Waals surface area contributed by atoms with Crippen molar-refractivity contribution in [2.24, 2.45) is 10.8 Å². The molecule has 2 aromatic carbocycles. The fourth-order valence-corrected chi connectivity index (χ4v) is 6.41. The SMILES string of the molecule is COc1cc(C2C3=C(CC(C)(C)CC3=O)N(Cc3ccccc3)C3=C2C(=O)CC(C)(C)C3)cc([N+](=O)[O-])c1O. The minimum atomic E-state index is -0.776. The number of rotatable bonds is 5. The van der Waals surface area contributed by atoms with E-state index in [4.69, 9.17) is 4.74 Å². The van der Waals surface area contributed by atoms with E-state index in [1.54, 1.807) is 0 Å². The van der Waals surface area contributed by atoms with E-state index in [1.165, 1.54) is 19.2 Å². The monoisotopic (exact) mass is 530 g/mol. The number of Topliss-reactive ketones (excluding diaryl/α,β-unsaturated/α-hetero) is 2. The molecule has 0 spiro atoms. The van der Waals surface area contributed by atoms with Gasteiger partial charge in [-0.05, 0) is 40.9 Å². The lowest BCUT2D eigenvalue weighted by atomic mass is 9.63. The zero-order chi connectivity index (χ0) is 28.3. The third-order valence-corrected chi connectivity index (χ3v) is 8.03. The zero-order valence-electron chi connectivity index (χ0n) is 23.0. The molecule has 0 amide bonds. The Morgan fingerprint density at radius 2 is 1.49 bits per heavy atom. The highest BCUT2D eigenvalue weighted by Crippen LogP contribution is 2.55. The maximum absolute atomic E-state index is 13.9. The molecule has 1 heterocycles. The van der Waals surface area contributed by atoms with E-state index >= 15 is 0 Å². The number of carbonyl (C=O) groups excluding carboxylic acids is 2. The van der Waals surface area contributed by atoms with Crippen molar-refractivity contribution in [2.45, 2.75) is 65.8 Å². The number of benzene rings is 2. The predicted octanol–water partition coefficient (Wildman–Crippen LogP) is 6.19. The van der Waals surface area contributed by atoms with Crippen LogP contribution in [0.2, 0.25) is 0 Å². The second-order valence-corrected chi connectivity index (χ2v) is 12.5. The molecule has 5 rings (SSSR count). The number of ether oxygens (including phenoxy) is 1. The summed E-state index contributed by atoms with van der Waals surface area (Å²) in [6.45, 7) is 8.78. The Morgan fingerprint density at radius 1 is 0.949 bits per heavy atom. The van der Waals surface area contributed by atoms with Gasteiger partial charge in [0.2, 0.25) is 5.75 Å². The van der Waals surface area contributed by atoms with Crippen LogP contribution in [0, 0.1) is 20.9 Å². The molecule has 39 heavy (non-hydrogen) atoms. The number of phenols is 1. The highest BCUT2D eigenvalue weighted by Gasteiger charge is 2.49. The molecule has 1 aliphatic heterocycles. The number of nitro groups is 1. The van der Waals surface area contributed by atoms with Crippen LogP contribution in [0.1, 0.15) is 70.4 Å². The summed E-state index contributed by atoms with van der Waals surface area (Å²) in [5.74, 6) is -1.56. The minimum absolute atomic E-state index is 0.0665. The Bertz CT molecular complexity index is 1400. The maximum Gasteiger partial charge on any atom is 0.314 e. The summed E-state index contributed by atoms with van der Waals surface area (Å²) in [6, 6.07) is 12.8. The fraction of sp³-hybridized carbons (Fsp3) is 0.419. The number of ketones is 2. The van der Waals surface area contributed by atoms with Crippen LogP contribution < -0.4 is 4.74 Å². The molecule has 0 radical (unpaired) electrons. The van der Waals surface area contributed by atoms with Crippen molar-refractivity contribution >= 4 is 17.3 Å². The molecular weight excluding hydrogens is 496 g/mol. The molecule has 3 aliphatic rings. The smallest absolute Gasteiger partial charge is 0.314 e. The van der Waals surface area contributed by atoms with Gasteiger partial charge < -0.3 is 14.7 Å². The Morgan fingerprint density at radius 3 is 1.97 bits per heavy atom. The average molecular weight is 531 g/mol. The van der Waals surface area contributed by atoms with E-state index in [-0.39, 0.29) is 28.1 Å². The van der Waals surface area contributed by atoms with Crippen molar-refractivity contribution < 1.29 is 24.4 Å². The first-order valence-electron chi connectivity index (χ1n) is 13.2. The molecule has 2 aromatic rings. The molecule has 0 bridgehead atoms. The summed E-state index contributed by atoms with van der Waals surface area (Å²) >= 11 is 0. The molecule has 1 N–H and O–H groups in total. The molecule has 0 atom stereocenters. The van der Waals surface area contributed by atoms with Crippen molar-refractivity contribution in [1.29, 1.82) is 0 Å². The Hall–Kier alpha value is -3.94. The second kappa shape index (κ2) is 9.36. The van der Waals surface area contributed by atoms with Crippen LogP contribution in [0.15, 0.2) is 65.0 Å².